The van der Waals surface area contributed by atoms with Crippen molar-refractivity contribution in [1.29, 1.82) is 0 Å². The molecular formula is C31H29N5O2S. The SMILES string of the molecule is Cc1nc(C(=O)N[C@H](c2ccccc2)C(C)C)c2cc(-c3ccc4nc(NC(=O)C5CC5)sc4c3)ccc2n1. The first kappa shape index (κ1) is 25.1. The van der Waals surface area contributed by atoms with Crippen LogP contribution in [-0.4, -0.2) is 26.8 Å². The maximum absolute atomic E-state index is 13.6. The molecule has 0 bridgehead atoms. The maximum atomic E-state index is 13.6. The number of aryl methyl sites for hydroxylation is 1. The highest BCUT2D eigenvalue weighted by Gasteiger charge is 2.30. The molecule has 0 unspecified atom stereocenters. The highest BCUT2D eigenvalue weighted by atomic mass is 32.1. The summed E-state index contributed by atoms with van der Waals surface area (Å²) in [6.07, 6.45) is 1.91. The second-order valence-corrected chi connectivity index (χ2v) is 11.5. The number of hydrogen-bond donors (Lipinski definition) is 2. The third kappa shape index (κ3) is 5.25. The van der Waals surface area contributed by atoms with Crippen molar-refractivity contribution in [3.8, 4) is 11.1 Å². The van der Waals surface area contributed by atoms with Crippen molar-refractivity contribution in [2.24, 2.45) is 11.8 Å². The summed E-state index contributed by atoms with van der Waals surface area (Å²) < 4.78 is 0.986. The molecule has 39 heavy (non-hydrogen) atoms. The zero-order chi connectivity index (χ0) is 27.1. The van der Waals surface area contributed by atoms with Gasteiger partial charge in [0.1, 0.15) is 11.5 Å². The van der Waals surface area contributed by atoms with Gasteiger partial charge < -0.3 is 10.6 Å². The van der Waals surface area contributed by atoms with Crippen molar-refractivity contribution in [3.05, 3.63) is 83.8 Å². The molecule has 2 amide bonds. The number of nitrogens with zero attached hydrogens (tertiary/aromatic N) is 3. The summed E-state index contributed by atoms with van der Waals surface area (Å²) in [5.41, 5.74) is 4.93. The molecule has 7 nitrogen and oxygen atoms in total. The van der Waals surface area contributed by atoms with Gasteiger partial charge in [0.2, 0.25) is 5.91 Å². The molecule has 0 saturated heterocycles. The molecule has 3 aromatic carbocycles. The molecule has 2 aromatic heterocycles. The molecule has 1 aliphatic carbocycles. The fourth-order valence-corrected chi connectivity index (χ4v) is 5.72. The van der Waals surface area contributed by atoms with Gasteiger partial charge in [-0.2, -0.15) is 0 Å². The summed E-state index contributed by atoms with van der Waals surface area (Å²) >= 11 is 1.47. The van der Waals surface area contributed by atoms with E-state index in [4.69, 9.17) is 0 Å². The Bertz CT molecular complexity index is 1710. The molecule has 1 aliphatic rings. The van der Waals surface area contributed by atoms with Crippen LogP contribution in [0.15, 0.2) is 66.7 Å². The predicted octanol–water partition coefficient (Wildman–Crippen LogP) is 6.69. The number of rotatable bonds is 7. The van der Waals surface area contributed by atoms with Crippen LogP contribution >= 0.6 is 11.3 Å². The third-order valence-electron chi connectivity index (χ3n) is 7.03. The molecule has 8 heteroatoms. The van der Waals surface area contributed by atoms with E-state index in [0.29, 0.717) is 22.0 Å². The van der Waals surface area contributed by atoms with E-state index >= 15 is 0 Å². The fraction of sp³-hybridized carbons (Fsp3) is 0.258. The molecule has 196 valence electrons. The largest absolute Gasteiger partial charge is 0.344 e. The van der Waals surface area contributed by atoms with E-state index in [-0.39, 0.29) is 29.7 Å². The Labute approximate surface area is 230 Å². The molecule has 1 atom stereocenters. The van der Waals surface area contributed by atoms with Crippen LogP contribution in [0.25, 0.3) is 32.2 Å². The summed E-state index contributed by atoms with van der Waals surface area (Å²) in [6.45, 7) is 5.99. The zero-order valence-corrected chi connectivity index (χ0v) is 22.9. The zero-order valence-electron chi connectivity index (χ0n) is 22.1. The first-order valence-electron chi connectivity index (χ1n) is 13.2. The number of amides is 2. The lowest BCUT2D eigenvalue weighted by molar-refractivity contribution is -0.117. The standard InChI is InChI=1S/C31H29N5O2S/c1-17(2)27(19-7-5-4-6-8-19)35-30(38)28-23-15-21(11-13-24(23)32-18(3)33-28)22-12-14-25-26(16-22)39-31(34-25)36-29(37)20-9-10-20/h4-8,11-17,20,27H,9-10H2,1-3H3,(H,35,38)(H,34,36,37)/t27-/m0/s1. The van der Waals surface area contributed by atoms with Gasteiger partial charge in [-0.3, -0.25) is 9.59 Å². The molecule has 5 aromatic rings. The molecule has 6 rings (SSSR count). The van der Waals surface area contributed by atoms with Crippen LogP contribution in [0, 0.1) is 18.8 Å². The van der Waals surface area contributed by atoms with Gasteiger partial charge in [-0.15, -0.1) is 0 Å². The lowest BCUT2D eigenvalue weighted by atomic mass is 9.95. The molecule has 1 saturated carbocycles. The van der Waals surface area contributed by atoms with Crippen LogP contribution in [0.1, 0.15) is 54.6 Å². The van der Waals surface area contributed by atoms with E-state index in [2.05, 4.69) is 45.5 Å². The number of carbonyl (C=O) groups excluding carboxylic acids is 2. The average Bonchev–Trinajstić information content (AvgIpc) is 3.71. The van der Waals surface area contributed by atoms with Gasteiger partial charge in [-0.05, 0) is 66.6 Å². The first-order valence-corrected chi connectivity index (χ1v) is 14.0. The number of thiazole rings is 1. The molecule has 1 fully saturated rings. The molecule has 0 aliphatic heterocycles. The molecule has 2 N–H and O–H groups in total. The summed E-state index contributed by atoms with van der Waals surface area (Å²) in [7, 11) is 0. The third-order valence-corrected chi connectivity index (χ3v) is 7.97. The number of anilines is 1. The minimum atomic E-state index is -0.223. The van der Waals surface area contributed by atoms with Crippen LogP contribution < -0.4 is 10.6 Å². The van der Waals surface area contributed by atoms with Crippen molar-refractivity contribution in [1.82, 2.24) is 20.3 Å². The van der Waals surface area contributed by atoms with Gasteiger partial charge in [-0.1, -0.05) is 67.6 Å². The molecule has 0 radical (unpaired) electrons. The Morgan fingerprint density at radius 3 is 2.33 bits per heavy atom. The second kappa shape index (κ2) is 10.2. The minimum Gasteiger partial charge on any atom is -0.344 e. The van der Waals surface area contributed by atoms with Gasteiger partial charge in [0.05, 0.1) is 21.8 Å². The number of fused-ring (bicyclic) bond motifs is 2. The maximum Gasteiger partial charge on any atom is 0.271 e. The number of carbonyl (C=O) groups is 2. The number of nitrogens with one attached hydrogen (secondary N) is 2. The Hall–Kier alpha value is -4.17. The van der Waals surface area contributed by atoms with E-state index in [9.17, 15) is 9.59 Å². The van der Waals surface area contributed by atoms with E-state index in [0.717, 1.165) is 45.3 Å². The number of benzene rings is 3. The highest BCUT2D eigenvalue weighted by molar-refractivity contribution is 7.22. The van der Waals surface area contributed by atoms with E-state index in [1.165, 1.54) is 11.3 Å². The summed E-state index contributed by atoms with van der Waals surface area (Å²) in [6, 6.07) is 21.8. The highest BCUT2D eigenvalue weighted by Crippen LogP contribution is 2.34. The van der Waals surface area contributed by atoms with Crippen LogP contribution in [0.3, 0.4) is 0 Å². The molecule has 2 heterocycles. The van der Waals surface area contributed by atoms with Crippen LogP contribution in [0.2, 0.25) is 0 Å². The lowest BCUT2D eigenvalue weighted by Crippen LogP contribution is -2.32. The van der Waals surface area contributed by atoms with E-state index in [1.807, 2.05) is 60.7 Å². The van der Waals surface area contributed by atoms with Crippen LogP contribution in [0.5, 0.6) is 0 Å². The smallest absolute Gasteiger partial charge is 0.271 e. The fourth-order valence-electron chi connectivity index (χ4n) is 4.81. The molecule has 0 spiro atoms. The predicted molar refractivity (Wildman–Crippen MR) is 156 cm³/mol. The van der Waals surface area contributed by atoms with Gasteiger partial charge in [-0.25, -0.2) is 15.0 Å². The Kier molecular flexibility index (Phi) is 6.56. The van der Waals surface area contributed by atoms with Crippen molar-refractivity contribution >= 4 is 49.4 Å². The van der Waals surface area contributed by atoms with Crippen molar-refractivity contribution in [2.75, 3.05) is 5.32 Å². The van der Waals surface area contributed by atoms with Gasteiger partial charge in [0.25, 0.3) is 5.91 Å². The van der Waals surface area contributed by atoms with Crippen molar-refractivity contribution < 1.29 is 9.59 Å². The Morgan fingerprint density at radius 2 is 1.62 bits per heavy atom. The van der Waals surface area contributed by atoms with Gasteiger partial charge >= 0.3 is 0 Å². The quantitative estimate of drug-likeness (QED) is 0.242. The normalized spacial score (nSPS) is 14.1. The summed E-state index contributed by atoms with van der Waals surface area (Å²) in [4.78, 5) is 39.5. The lowest BCUT2D eigenvalue weighted by Gasteiger charge is -2.23. The van der Waals surface area contributed by atoms with Crippen LogP contribution in [-0.2, 0) is 4.79 Å². The van der Waals surface area contributed by atoms with E-state index < -0.39 is 0 Å². The number of aromatic nitrogens is 3. The van der Waals surface area contributed by atoms with Crippen LogP contribution in [0.4, 0.5) is 5.13 Å². The topological polar surface area (TPSA) is 96.9 Å². The van der Waals surface area contributed by atoms with E-state index in [1.54, 1.807) is 6.92 Å². The number of hydrogen-bond acceptors (Lipinski definition) is 6. The summed E-state index contributed by atoms with van der Waals surface area (Å²) in [5, 5.41) is 7.48. The monoisotopic (exact) mass is 535 g/mol. The van der Waals surface area contributed by atoms with Gasteiger partial charge in [0.15, 0.2) is 5.13 Å². The first-order chi connectivity index (χ1) is 18.9. The Morgan fingerprint density at radius 1 is 0.897 bits per heavy atom. The van der Waals surface area contributed by atoms with Crippen molar-refractivity contribution in [2.45, 2.75) is 39.7 Å². The van der Waals surface area contributed by atoms with Gasteiger partial charge in [0, 0.05) is 11.3 Å². The molecular weight excluding hydrogens is 506 g/mol. The van der Waals surface area contributed by atoms with Crippen molar-refractivity contribution in [3.63, 3.8) is 0 Å². The summed E-state index contributed by atoms with van der Waals surface area (Å²) in [5.74, 6) is 0.709. The minimum absolute atomic E-state index is 0.0527. The average molecular weight is 536 g/mol. The Balaban J connectivity index is 1.34. The second-order valence-electron chi connectivity index (χ2n) is 10.4.